The third-order valence-corrected chi connectivity index (χ3v) is 1.93. The first kappa shape index (κ1) is 11.4. The zero-order chi connectivity index (χ0) is 9.56. The van der Waals surface area contributed by atoms with E-state index >= 15 is 0 Å². The molecular formula is C10H19NO. The molecule has 2 N–H and O–H groups in total. The maximum atomic E-state index is 11.3. The first-order valence-electron chi connectivity index (χ1n) is 4.46. The van der Waals surface area contributed by atoms with E-state index in [4.69, 9.17) is 5.73 Å². The number of hydrogen-bond acceptors (Lipinski definition) is 2. The molecule has 0 aliphatic carbocycles. The molecule has 0 rings (SSSR count). The largest absolute Gasteiger partial charge is 0.330 e. The minimum atomic E-state index is 0.264. The molecule has 0 aliphatic heterocycles. The summed E-state index contributed by atoms with van der Waals surface area (Å²) in [6, 6.07) is 0. The average molecular weight is 169 g/mol. The second kappa shape index (κ2) is 5.95. The molecule has 0 fully saturated rings. The van der Waals surface area contributed by atoms with E-state index in [0.29, 0.717) is 25.3 Å². The zero-order valence-corrected chi connectivity index (χ0v) is 8.10. The molecule has 1 unspecified atom stereocenters. The second-order valence-corrected chi connectivity index (χ2v) is 3.39. The number of carbonyl (C=O) groups excluding carboxylic acids is 1. The minimum Gasteiger partial charge on any atom is -0.330 e. The minimum absolute atomic E-state index is 0.264. The summed E-state index contributed by atoms with van der Waals surface area (Å²) in [5.74, 6) is 0.622. The van der Waals surface area contributed by atoms with Crippen LogP contribution in [0.2, 0.25) is 0 Å². The molecule has 0 aromatic heterocycles. The Hall–Kier alpha value is -0.630. The molecule has 0 heterocycles. The highest BCUT2D eigenvalue weighted by Gasteiger charge is 2.09. The van der Waals surface area contributed by atoms with Crippen LogP contribution in [0.1, 0.15) is 33.1 Å². The zero-order valence-electron chi connectivity index (χ0n) is 8.10. The van der Waals surface area contributed by atoms with Gasteiger partial charge >= 0.3 is 0 Å². The van der Waals surface area contributed by atoms with Crippen molar-refractivity contribution in [1.82, 2.24) is 0 Å². The summed E-state index contributed by atoms with van der Waals surface area (Å²) in [6.07, 6.45) is 2.11. The van der Waals surface area contributed by atoms with Gasteiger partial charge in [0, 0.05) is 12.8 Å². The topological polar surface area (TPSA) is 43.1 Å². The van der Waals surface area contributed by atoms with Crippen molar-refractivity contribution in [1.29, 1.82) is 0 Å². The molecule has 70 valence electrons. The molecule has 0 aromatic rings. The van der Waals surface area contributed by atoms with Crippen LogP contribution in [0.5, 0.6) is 0 Å². The molecular weight excluding hydrogens is 150 g/mol. The van der Waals surface area contributed by atoms with Gasteiger partial charge in [0.1, 0.15) is 5.78 Å². The highest BCUT2D eigenvalue weighted by atomic mass is 16.1. The fourth-order valence-electron chi connectivity index (χ4n) is 1.13. The molecule has 0 radical (unpaired) electrons. The molecule has 1 atom stereocenters. The second-order valence-electron chi connectivity index (χ2n) is 3.39. The SMILES string of the molecule is C=C(C)CC(=O)CC(CC)CN. The summed E-state index contributed by atoms with van der Waals surface area (Å²) >= 11 is 0. The van der Waals surface area contributed by atoms with Crippen molar-refractivity contribution in [2.75, 3.05) is 6.54 Å². The molecule has 2 nitrogen and oxygen atoms in total. The molecule has 12 heavy (non-hydrogen) atoms. The van der Waals surface area contributed by atoms with Crippen LogP contribution in [0.4, 0.5) is 0 Å². The normalized spacial score (nSPS) is 12.6. The summed E-state index contributed by atoms with van der Waals surface area (Å²) in [4.78, 5) is 11.3. The lowest BCUT2D eigenvalue weighted by atomic mass is 9.97. The fourth-order valence-corrected chi connectivity index (χ4v) is 1.13. The van der Waals surface area contributed by atoms with Gasteiger partial charge in [0.25, 0.3) is 0 Å². The van der Waals surface area contributed by atoms with Gasteiger partial charge in [0.15, 0.2) is 0 Å². The Morgan fingerprint density at radius 3 is 2.50 bits per heavy atom. The van der Waals surface area contributed by atoms with Crippen LogP contribution in [0, 0.1) is 5.92 Å². The Kier molecular flexibility index (Phi) is 5.64. The summed E-state index contributed by atoms with van der Waals surface area (Å²) < 4.78 is 0. The number of rotatable bonds is 6. The lowest BCUT2D eigenvalue weighted by Crippen LogP contribution is -2.17. The van der Waals surface area contributed by atoms with Crippen molar-refractivity contribution in [2.45, 2.75) is 33.1 Å². The molecule has 0 aliphatic rings. The van der Waals surface area contributed by atoms with Crippen molar-refractivity contribution < 1.29 is 4.79 Å². The van der Waals surface area contributed by atoms with E-state index in [9.17, 15) is 4.79 Å². The predicted molar refractivity (Wildman–Crippen MR) is 51.9 cm³/mol. The highest BCUT2D eigenvalue weighted by Crippen LogP contribution is 2.10. The average Bonchev–Trinajstić information content (AvgIpc) is 1.98. The van der Waals surface area contributed by atoms with Gasteiger partial charge in [-0.25, -0.2) is 0 Å². The molecule has 0 saturated heterocycles. The van der Waals surface area contributed by atoms with Gasteiger partial charge in [-0.3, -0.25) is 4.79 Å². The van der Waals surface area contributed by atoms with E-state index < -0.39 is 0 Å². The third kappa shape index (κ3) is 5.08. The molecule has 2 heteroatoms. The smallest absolute Gasteiger partial charge is 0.137 e. The van der Waals surface area contributed by atoms with E-state index in [2.05, 4.69) is 13.5 Å². The van der Waals surface area contributed by atoms with E-state index in [1.807, 2.05) is 6.92 Å². The predicted octanol–water partition coefficient (Wildman–Crippen LogP) is 1.90. The first-order valence-corrected chi connectivity index (χ1v) is 4.46. The summed E-state index contributed by atoms with van der Waals surface area (Å²) in [5, 5.41) is 0. The quantitative estimate of drug-likeness (QED) is 0.617. The molecule has 0 saturated carbocycles. The number of Topliss-reactive ketones (excluding diaryl/α,β-unsaturated/α-hetero) is 1. The lowest BCUT2D eigenvalue weighted by molar-refractivity contribution is -0.119. The number of nitrogens with two attached hydrogens (primary N) is 1. The molecule has 0 bridgehead atoms. The monoisotopic (exact) mass is 169 g/mol. The van der Waals surface area contributed by atoms with Crippen LogP contribution in [0.15, 0.2) is 12.2 Å². The van der Waals surface area contributed by atoms with E-state index in [-0.39, 0.29) is 5.78 Å². The van der Waals surface area contributed by atoms with Gasteiger partial charge in [-0.15, -0.1) is 0 Å². The van der Waals surface area contributed by atoms with E-state index in [1.54, 1.807) is 0 Å². The Bertz CT molecular complexity index is 159. The van der Waals surface area contributed by atoms with Gasteiger partial charge in [0.05, 0.1) is 0 Å². The van der Waals surface area contributed by atoms with Crippen molar-refractivity contribution in [2.24, 2.45) is 11.7 Å². The molecule has 0 amide bonds. The fraction of sp³-hybridized carbons (Fsp3) is 0.700. The van der Waals surface area contributed by atoms with Crippen LogP contribution in [-0.2, 0) is 4.79 Å². The Labute approximate surface area is 74.8 Å². The number of hydrogen-bond donors (Lipinski definition) is 1. The standard InChI is InChI=1S/C10H19NO/c1-4-9(7-11)6-10(12)5-8(2)3/h9H,2,4-7,11H2,1,3H3. The van der Waals surface area contributed by atoms with Crippen LogP contribution in [-0.4, -0.2) is 12.3 Å². The van der Waals surface area contributed by atoms with Gasteiger partial charge in [-0.2, -0.15) is 0 Å². The van der Waals surface area contributed by atoms with Crippen molar-refractivity contribution >= 4 is 5.78 Å². The van der Waals surface area contributed by atoms with Gasteiger partial charge in [-0.05, 0) is 19.4 Å². The van der Waals surface area contributed by atoms with Crippen LogP contribution < -0.4 is 5.73 Å². The van der Waals surface area contributed by atoms with Crippen molar-refractivity contribution in [3.05, 3.63) is 12.2 Å². The maximum absolute atomic E-state index is 11.3. The van der Waals surface area contributed by atoms with Gasteiger partial charge in [0.2, 0.25) is 0 Å². The Morgan fingerprint density at radius 1 is 1.58 bits per heavy atom. The van der Waals surface area contributed by atoms with Crippen molar-refractivity contribution in [3.8, 4) is 0 Å². The third-order valence-electron chi connectivity index (χ3n) is 1.93. The van der Waals surface area contributed by atoms with E-state index in [1.165, 1.54) is 0 Å². The summed E-state index contributed by atoms with van der Waals surface area (Å²) in [7, 11) is 0. The summed E-state index contributed by atoms with van der Waals surface area (Å²) in [6.45, 7) is 8.25. The first-order chi connectivity index (χ1) is 5.60. The Morgan fingerprint density at radius 2 is 2.17 bits per heavy atom. The Balaban J connectivity index is 3.74. The van der Waals surface area contributed by atoms with Gasteiger partial charge < -0.3 is 5.73 Å². The van der Waals surface area contributed by atoms with E-state index in [0.717, 1.165) is 12.0 Å². The lowest BCUT2D eigenvalue weighted by Gasteiger charge is -2.10. The number of carbonyl (C=O) groups is 1. The molecule has 0 spiro atoms. The maximum Gasteiger partial charge on any atom is 0.137 e. The van der Waals surface area contributed by atoms with Crippen LogP contribution in [0.3, 0.4) is 0 Å². The van der Waals surface area contributed by atoms with Gasteiger partial charge in [-0.1, -0.05) is 25.5 Å². The van der Waals surface area contributed by atoms with Crippen LogP contribution >= 0.6 is 0 Å². The van der Waals surface area contributed by atoms with Crippen molar-refractivity contribution in [3.63, 3.8) is 0 Å². The highest BCUT2D eigenvalue weighted by molar-refractivity contribution is 5.80. The number of ketones is 1. The molecule has 0 aromatic carbocycles. The summed E-state index contributed by atoms with van der Waals surface area (Å²) in [5.41, 5.74) is 6.42. The van der Waals surface area contributed by atoms with Crippen LogP contribution in [0.25, 0.3) is 0 Å². The number of allylic oxidation sites excluding steroid dienone is 1.